The van der Waals surface area contributed by atoms with Crippen LogP contribution in [0.25, 0.3) is 0 Å². The van der Waals surface area contributed by atoms with Crippen LogP contribution in [0.2, 0.25) is 5.02 Å². The van der Waals surface area contributed by atoms with Crippen molar-refractivity contribution in [2.45, 2.75) is 38.3 Å². The average Bonchev–Trinajstić information content (AvgIpc) is 2.28. The largest absolute Gasteiger partial charge is 0.506 e. The first kappa shape index (κ1) is 13.3. The summed E-state index contributed by atoms with van der Waals surface area (Å²) in [5, 5.41) is 19.4. The Balaban J connectivity index is 2.71. The summed E-state index contributed by atoms with van der Waals surface area (Å²) in [7, 11) is 0. The van der Waals surface area contributed by atoms with Crippen molar-refractivity contribution in [1.82, 2.24) is 0 Å². The molecule has 0 bridgehead atoms. The monoisotopic (exact) mass is 243 g/mol. The van der Waals surface area contributed by atoms with Gasteiger partial charge < -0.3 is 15.9 Å². The summed E-state index contributed by atoms with van der Waals surface area (Å²) < 4.78 is 0. The van der Waals surface area contributed by atoms with Crippen molar-refractivity contribution in [2.24, 2.45) is 5.73 Å². The molecular weight excluding hydrogens is 226 g/mol. The molecule has 0 aliphatic heterocycles. The fourth-order valence-corrected chi connectivity index (χ4v) is 1.73. The summed E-state index contributed by atoms with van der Waals surface area (Å²) >= 11 is 5.78. The van der Waals surface area contributed by atoms with E-state index < -0.39 is 12.1 Å². The average molecular weight is 244 g/mol. The van der Waals surface area contributed by atoms with Gasteiger partial charge in [0, 0.05) is 0 Å². The van der Waals surface area contributed by atoms with Crippen LogP contribution in [0, 0.1) is 0 Å². The van der Waals surface area contributed by atoms with Gasteiger partial charge in [0.05, 0.1) is 17.2 Å². The molecule has 0 fully saturated rings. The second kappa shape index (κ2) is 6.09. The summed E-state index contributed by atoms with van der Waals surface area (Å²) in [5.41, 5.74) is 6.65. The lowest BCUT2D eigenvalue weighted by Crippen LogP contribution is -2.26. The van der Waals surface area contributed by atoms with Gasteiger partial charge in [-0.05, 0) is 24.1 Å². The normalized spacial score (nSPS) is 14.8. The van der Waals surface area contributed by atoms with E-state index in [4.69, 9.17) is 17.3 Å². The number of hydrogen-bond donors (Lipinski definition) is 3. The van der Waals surface area contributed by atoms with Crippen molar-refractivity contribution in [3.63, 3.8) is 0 Å². The minimum Gasteiger partial charge on any atom is -0.506 e. The number of rotatable bonds is 5. The lowest BCUT2D eigenvalue weighted by atomic mass is 9.98. The Morgan fingerprint density at radius 2 is 2.12 bits per heavy atom. The maximum atomic E-state index is 9.83. The van der Waals surface area contributed by atoms with Crippen LogP contribution in [0.3, 0.4) is 0 Å². The number of hydrogen-bond acceptors (Lipinski definition) is 3. The van der Waals surface area contributed by atoms with Crippen LogP contribution in [0.4, 0.5) is 0 Å². The van der Waals surface area contributed by atoms with Crippen LogP contribution in [-0.4, -0.2) is 16.3 Å². The molecule has 0 aliphatic carbocycles. The van der Waals surface area contributed by atoms with Crippen LogP contribution in [-0.2, 0) is 0 Å². The Morgan fingerprint density at radius 1 is 1.44 bits per heavy atom. The molecule has 0 unspecified atom stereocenters. The molecular formula is C12H18ClNO2. The van der Waals surface area contributed by atoms with Crippen molar-refractivity contribution < 1.29 is 10.2 Å². The Hall–Kier alpha value is -0.770. The van der Waals surface area contributed by atoms with Gasteiger partial charge >= 0.3 is 0 Å². The highest BCUT2D eigenvalue weighted by Gasteiger charge is 2.17. The summed E-state index contributed by atoms with van der Waals surface area (Å²) in [4.78, 5) is 0. The number of halogens is 1. The molecule has 4 N–H and O–H groups in total. The van der Waals surface area contributed by atoms with Gasteiger partial charge in [-0.1, -0.05) is 37.4 Å². The maximum Gasteiger partial charge on any atom is 0.134 e. The summed E-state index contributed by atoms with van der Waals surface area (Å²) in [6, 6.07) is 4.31. The third kappa shape index (κ3) is 3.37. The first-order valence-electron chi connectivity index (χ1n) is 5.48. The van der Waals surface area contributed by atoms with Crippen molar-refractivity contribution >= 4 is 11.6 Å². The molecule has 0 aromatic heterocycles. The zero-order valence-electron chi connectivity index (χ0n) is 9.36. The Kier molecular flexibility index (Phi) is 5.06. The molecule has 0 saturated heterocycles. The summed E-state index contributed by atoms with van der Waals surface area (Å²) in [6.07, 6.45) is 2.08. The molecule has 0 spiro atoms. The predicted octanol–water partition coefficient (Wildman–Crippen LogP) is 2.60. The molecule has 90 valence electrons. The van der Waals surface area contributed by atoms with Gasteiger partial charge in [-0.15, -0.1) is 0 Å². The number of benzene rings is 1. The van der Waals surface area contributed by atoms with E-state index >= 15 is 0 Å². The first-order chi connectivity index (χ1) is 7.56. The van der Waals surface area contributed by atoms with E-state index in [9.17, 15) is 10.2 Å². The SMILES string of the molecule is CCCC[C@@H](O)[C@@H](N)c1ccc(O)c(Cl)c1. The molecule has 0 saturated carbocycles. The molecule has 0 radical (unpaired) electrons. The van der Waals surface area contributed by atoms with Gasteiger partial charge in [0.15, 0.2) is 0 Å². The zero-order valence-corrected chi connectivity index (χ0v) is 10.1. The summed E-state index contributed by atoms with van der Waals surface area (Å²) in [5.74, 6) is 0.0284. The lowest BCUT2D eigenvalue weighted by molar-refractivity contribution is 0.132. The molecule has 1 aromatic carbocycles. The molecule has 4 heteroatoms. The van der Waals surface area contributed by atoms with Gasteiger partial charge in [-0.2, -0.15) is 0 Å². The van der Waals surface area contributed by atoms with E-state index in [0.717, 1.165) is 18.4 Å². The number of nitrogens with two attached hydrogens (primary N) is 1. The minimum absolute atomic E-state index is 0.0284. The van der Waals surface area contributed by atoms with Gasteiger partial charge in [0.2, 0.25) is 0 Å². The maximum absolute atomic E-state index is 9.83. The second-order valence-corrected chi connectivity index (χ2v) is 4.35. The minimum atomic E-state index is -0.569. The van der Waals surface area contributed by atoms with Crippen LogP contribution in [0.15, 0.2) is 18.2 Å². The highest BCUT2D eigenvalue weighted by atomic mass is 35.5. The van der Waals surface area contributed by atoms with E-state index in [1.165, 1.54) is 6.07 Å². The fourth-order valence-electron chi connectivity index (χ4n) is 1.55. The Bertz CT molecular complexity index is 344. The quantitative estimate of drug-likeness (QED) is 0.745. The number of unbranched alkanes of at least 4 members (excludes halogenated alkanes) is 1. The van der Waals surface area contributed by atoms with Crippen molar-refractivity contribution in [3.8, 4) is 5.75 Å². The molecule has 3 nitrogen and oxygen atoms in total. The van der Waals surface area contributed by atoms with Gasteiger partial charge in [0.25, 0.3) is 0 Å². The van der Waals surface area contributed by atoms with Crippen molar-refractivity contribution in [3.05, 3.63) is 28.8 Å². The number of aliphatic hydroxyl groups excluding tert-OH is 1. The molecule has 2 atom stereocenters. The Labute approximate surface area is 101 Å². The smallest absolute Gasteiger partial charge is 0.134 e. The summed E-state index contributed by atoms with van der Waals surface area (Å²) in [6.45, 7) is 2.07. The van der Waals surface area contributed by atoms with Crippen LogP contribution < -0.4 is 5.73 Å². The number of phenolic OH excluding ortho intramolecular Hbond substituents is 1. The van der Waals surface area contributed by atoms with E-state index in [1.54, 1.807) is 12.1 Å². The van der Waals surface area contributed by atoms with Crippen molar-refractivity contribution in [2.75, 3.05) is 0 Å². The zero-order chi connectivity index (χ0) is 12.1. The number of aromatic hydroxyl groups is 1. The van der Waals surface area contributed by atoms with Crippen LogP contribution in [0.5, 0.6) is 5.75 Å². The second-order valence-electron chi connectivity index (χ2n) is 3.95. The van der Waals surface area contributed by atoms with Crippen LogP contribution in [0.1, 0.15) is 37.8 Å². The van der Waals surface area contributed by atoms with E-state index in [2.05, 4.69) is 6.92 Å². The fraction of sp³-hybridized carbons (Fsp3) is 0.500. The molecule has 1 aromatic rings. The van der Waals surface area contributed by atoms with Gasteiger partial charge in [-0.25, -0.2) is 0 Å². The van der Waals surface area contributed by atoms with Crippen LogP contribution >= 0.6 is 11.6 Å². The standard InChI is InChI=1S/C12H18ClNO2/c1-2-3-4-11(16)12(14)8-5-6-10(15)9(13)7-8/h5-7,11-12,15-16H,2-4,14H2,1H3/t11-,12+/m1/s1. The Morgan fingerprint density at radius 3 is 2.69 bits per heavy atom. The third-order valence-electron chi connectivity index (χ3n) is 2.62. The van der Waals surface area contributed by atoms with E-state index in [1.807, 2.05) is 0 Å². The topological polar surface area (TPSA) is 66.5 Å². The highest BCUT2D eigenvalue weighted by Crippen LogP contribution is 2.27. The highest BCUT2D eigenvalue weighted by molar-refractivity contribution is 6.32. The van der Waals surface area contributed by atoms with Gasteiger partial charge in [0.1, 0.15) is 5.75 Å². The molecule has 1 rings (SSSR count). The lowest BCUT2D eigenvalue weighted by Gasteiger charge is -2.19. The number of aliphatic hydroxyl groups is 1. The van der Waals surface area contributed by atoms with Crippen molar-refractivity contribution in [1.29, 1.82) is 0 Å². The molecule has 0 aliphatic rings. The third-order valence-corrected chi connectivity index (χ3v) is 2.93. The first-order valence-corrected chi connectivity index (χ1v) is 5.86. The number of phenols is 1. The molecule has 16 heavy (non-hydrogen) atoms. The van der Waals surface area contributed by atoms with Gasteiger partial charge in [-0.3, -0.25) is 0 Å². The predicted molar refractivity (Wildman–Crippen MR) is 65.6 cm³/mol. The van der Waals surface area contributed by atoms with E-state index in [0.29, 0.717) is 6.42 Å². The molecule has 0 amide bonds. The van der Waals surface area contributed by atoms with E-state index in [-0.39, 0.29) is 10.8 Å². The molecule has 0 heterocycles.